The summed E-state index contributed by atoms with van der Waals surface area (Å²) in [5.74, 6) is 0.176. The first kappa shape index (κ1) is 13.5. The normalized spacial score (nSPS) is 20.2. The number of carbonyl (C=O) groups is 1. The first-order valence-corrected chi connectivity index (χ1v) is 7.59. The lowest BCUT2D eigenvalue weighted by Gasteiger charge is -2.21. The van der Waals surface area contributed by atoms with Crippen molar-refractivity contribution in [2.45, 2.75) is 57.4 Å². The molecule has 5 heteroatoms. The quantitative estimate of drug-likeness (QED) is 0.810. The molecule has 108 valence electrons. The van der Waals surface area contributed by atoms with E-state index in [0.717, 1.165) is 36.5 Å². The Balaban J connectivity index is 1.98. The molecule has 1 saturated carbocycles. The van der Waals surface area contributed by atoms with E-state index in [1.807, 2.05) is 0 Å². The lowest BCUT2D eigenvalue weighted by Crippen LogP contribution is -2.28. The van der Waals surface area contributed by atoms with Crippen LogP contribution in [0.25, 0.3) is 0 Å². The summed E-state index contributed by atoms with van der Waals surface area (Å²) in [4.78, 5) is 20.6. The van der Waals surface area contributed by atoms with Crippen LogP contribution in [0.5, 0.6) is 0 Å². The SMILES string of the molecule is O=C(O)c1nc(C2CCCCCC2)nc2c1CCNC2. The first-order chi connectivity index (χ1) is 9.75. The van der Waals surface area contributed by atoms with E-state index in [4.69, 9.17) is 0 Å². The van der Waals surface area contributed by atoms with E-state index in [9.17, 15) is 9.90 Å². The number of hydrogen-bond donors (Lipinski definition) is 2. The third-order valence-electron chi connectivity index (χ3n) is 4.38. The van der Waals surface area contributed by atoms with Crippen LogP contribution in [-0.4, -0.2) is 27.6 Å². The van der Waals surface area contributed by atoms with E-state index in [0.29, 0.717) is 18.9 Å². The second kappa shape index (κ2) is 5.87. The Morgan fingerprint density at radius 1 is 1.15 bits per heavy atom. The standard InChI is InChI=1S/C15H21N3O2/c19-15(20)13-11-7-8-16-9-12(11)17-14(18-13)10-5-3-1-2-4-6-10/h10,16H,1-9H2,(H,19,20). The fourth-order valence-corrected chi connectivity index (χ4v) is 3.28. The summed E-state index contributed by atoms with van der Waals surface area (Å²) in [6.07, 6.45) is 7.83. The second-order valence-corrected chi connectivity index (χ2v) is 5.78. The summed E-state index contributed by atoms with van der Waals surface area (Å²) in [7, 11) is 0. The van der Waals surface area contributed by atoms with Gasteiger partial charge in [0.1, 0.15) is 5.82 Å². The molecule has 0 atom stereocenters. The van der Waals surface area contributed by atoms with Gasteiger partial charge in [-0.2, -0.15) is 0 Å². The first-order valence-electron chi connectivity index (χ1n) is 7.59. The van der Waals surface area contributed by atoms with E-state index in [1.165, 1.54) is 25.7 Å². The summed E-state index contributed by atoms with van der Waals surface area (Å²) in [6, 6.07) is 0. The van der Waals surface area contributed by atoms with Crippen LogP contribution in [0.2, 0.25) is 0 Å². The molecule has 2 aliphatic rings. The Morgan fingerprint density at radius 2 is 1.90 bits per heavy atom. The van der Waals surface area contributed by atoms with Crippen molar-refractivity contribution in [1.29, 1.82) is 0 Å². The average molecular weight is 275 g/mol. The zero-order chi connectivity index (χ0) is 13.9. The predicted molar refractivity (Wildman–Crippen MR) is 74.8 cm³/mol. The molecule has 2 N–H and O–H groups in total. The van der Waals surface area contributed by atoms with Crippen molar-refractivity contribution in [3.63, 3.8) is 0 Å². The number of carboxylic acid groups (broad SMARTS) is 1. The van der Waals surface area contributed by atoms with E-state index in [2.05, 4.69) is 15.3 Å². The van der Waals surface area contributed by atoms with Gasteiger partial charge in [0, 0.05) is 18.0 Å². The molecule has 1 aromatic rings. The van der Waals surface area contributed by atoms with Gasteiger partial charge in [-0.25, -0.2) is 14.8 Å². The van der Waals surface area contributed by atoms with Gasteiger partial charge in [0.15, 0.2) is 5.69 Å². The van der Waals surface area contributed by atoms with Crippen molar-refractivity contribution >= 4 is 5.97 Å². The maximum absolute atomic E-state index is 11.5. The molecule has 3 rings (SSSR count). The minimum Gasteiger partial charge on any atom is -0.477 e. The van der Waals surface area contributed by atoms with Gasteiger partial charge in [-0.15, -0.1) is 0 Å². The van der Waals surface area contributed by atoms with Crippen molar-refractivity contribution in [1.82, 2.24) is 15.3 Å². The number of fused-ring (bicyclic) bond motifs is 1. The molecule has 2 heterocycles. The molecule has 1 aromatic heterocycles. The molecule has 20 heavy (non-hydrogen) atoms. The Hall–Kier alpha value is -1.49. The number of nitrogens with one attached hydrogen (secondary N) is 1. The molecule has 1 fully saturated rings. The second-order valence-electron chi connectivity index (χ2n) is 5.78. The molecule has 5 nitrogen and oxygen atoms in total. The Kier molecular flexibility index (Phi) is 3.96. The highest BCUT2D eigenvalue weighted by Gasteiger charge is 2.25. The molecule has 0 bridgehead atoms. The Labute approximate surface area is 118 Å². The number of carboxylic acids is 1. The lowest BCUT2D eigenvalue weighted by molar-refractivity contribution is 0.0688. The Morgan fingerprint density at radius 3 is 2.60 bits per heavy atom. The molecule has 1 aliphatic heterocycles. The predicted octanol–water partition coefficient (Wildman–Crippen LogP) is 2.26. The van der Waals surface area contributed by atoms with Crippen LogP contribution >= 0.6 is 0 Å². The molecular weight excluding hydrogens is 254 g/mol. The molecule has 0 spiro atoms. The van der Waals surface area contributed by atoms with Crippen LogP contribution in [-0.2, 0) is 13.0 Å². The van der Waals surface area contributed by atoms with Crippen molar-refractivity contribution in [2.75, 3.05) is 6.54 Å². The largest absolute Gasteiger partial charge is 0.477 e. The maximum atomic E-state index is 11.5. The van der Waals surface area contributed by atoms with Gasteiger partial charge in [0.25, 0.3) is 0 Å². The van der Waals surface area contributed by atoms with Crippen LogP contribution in [0.4, 0.5) is 0 Å². The fraction of sp³-hybridized carbons (Fsp3) is 0.667. The molecular formula is C15H21N3O2. The zero-order valence-corrected chi connectivity index (χ0v) is 11.7. The summed E-state index contributed by atoms with van der Waals surface area (Å²) in [6.45, 7) is 1.47. The highest BCUT2D eigenvalue weighted by molar-refractivity contribution is 5.87. The number of hydrogen-bond acceptors (Lipinski definition) is 4. The molecule has 0 saturated heterocycles. The van der Waals surface area contributed by atoms with Gasteiger partial charge in [-0.1, -0.05) is 25.7 Å². The smallest absolute Gasteiger partial charge is 0.354 e. The number of nitrogens with zero attached hydrogens (tertiary/aromatic N) is 2. The van der Waals surface area contributed by atoms with Crippen LogP contribution in [0.3, 0.4) is 0 Å². The zero-order valence-electron chi connectivity index (χ0n) is 11.7. The third kappa shape index (κ3) is 2.68. The van der Waals surface area contributed by atoms with Gasteiger partial charge in [-0.3, -0.25) is 0 Å². The average Bonchev–Trinajstić information content (AvgIpc) is 2.75. The molecule has 0 aromatic carbocycles. The number of aromatic nitrogens is 2. The minimum atomic E-state index is -0.916. The molecule has 0 unspecified atom stereocenters. The van der Waals surface area contributed by atoms with Gasteiger partial charge < -0.3 is 10.4 Å². The minimum absolute atomic E-state index is 0.232. The van der Waals surface area contributed by atoms with E-state index in [1.54, 1.807) is 0 Å². The van der Waals surface area contributed by atoms with Crippen LogP contribution in [0, 0.1) is 0 Å². The summed E-state index contributed by atoms with van der Waals surface area (Å²) < 4.78 is 0. The monoisotopic (exact) mass is 275 g/mol. The highest BCUT2D eigenvalue weighted by atomic mass is 16.4. The molecule has 1 aliphatic carbocycles. The number of rotatable bonds is 2. The third-order valence-corrected chi connectivity index (χ3v) is 4.38. The summed E-state index contributed by atoms with van der Waals surface area (Å²) >= 11 is 0. The molecule has 0 radical (unpaired) electrons. The molecule has 0 amide bonds. The van der Waals surface area contributed by atoms with Crippen LogP contribution < -0.4 is 5.32 Å². The topological polar surface area (TPSA) is 75.1 Å². The van der Waals surface area contributed by atoms with E-state index in [-0.39, 0.29) is 5.69 Å². The van der Waals surface area contributed by atoms with E-state index < -0.39 is 5.97 Å². The lowest BCUT2D eigenvalue weighted by atomic mass is 9.97. The van der Waals surface area contributed by atoms with Crippen molar-refractivity contribution in [2.24, 2.45) is 0 Å². The van der Waals surface area contributed by atoms with E-state index >= 15 is 0 Å². The summed E-state index contributed by atoms with van der Waals surface area (Å²) in [5.41, 5.74) is 1.95. The van der Waals surface area contributed by atoms with Crippen LogP contribution in [0.15, 0.2) is 0 Å². The van der Waals surface area contributed by atoms with Gasteiger partial charge in [0.2, 0.25) is 0 Å². The van der Waals surface area contributed by atoms with Gasteiger partial charge in [0.05, 0.1) is 5.69 Å². The Bertz CT molecular complexity index is 508. The summed E-state index contributed by atoms with van der Waals surface area (Å²) in [5, 5.41) is 12.7. The number of aromatic carboxylic acids is 1. The maximum Gasteiger partial charge on any atom is 0.354 e. The van der Waals surface area contributed by atoms with Crippen LogP contribution in [0.1, 0.15) is 72.0 Å². The van der Waals surface area contributed by atoms with Crippen molar-refractivity contribution in [3.8, 4) is 0 Å². The highest BCUT2D eigenvalue weighted by Crippen LogP contribution is 2.31. The van der Waals surface area contributed by atoms with Crippen molar-refractivity contribution in [3.05, 3.63) is 22.8 Å². The van der Waals surface area contributed by atoms with Crippen molar-refractivity contribution < 1.29 is 9.90 Å². The van der Waals surface area contributed by atoms with Gasteiger partial charge >= 0.3 is 5.97 Å². The van der Waals surface area contributed by atoms with Gasteiger partial charge in [-0.05, 0) is 25.8 Å². The fourth-order valence-electron chi connectivity index (χ4n) is 3.28.